The Hall–Kier alpha value is -0.870. The zero-order chi connectivity index (χ0) is 15.5. The van der Waals surface area contributed by atoms with Crippen molar-refractivity contribution in [3.63, 3.8) is 0 Å². The lowest BCUT2D eigenvalue weighted by atomic mass is 9.80. The summed E-state index contributed by atoms with van der Waals surface area (Å²) in [4.78, 5) is 0. The van der Waals surface area contributed by atoms with E-state index >= 15 is 0 Å². The summed E-state index contributed by atoms with van der Waals surface area (Å²) in [5.41, 5.74) is 2.47. The first-order valence-corrected chi connectivity index (χ1v) is 9.76. The lowest BCUT2D eigenvalue weighted by Crippen LogP contribution is -2.42. The van der Waals surface area contributed by atoms with Crippen LogP contribution in [0.15, 0.2) is 24.3 Å². The van der Waals surface area contributed by atoms with E-state index < -0.39 is 9.84 Å². The highest BCUT2D eigenvalue weighted by Crippen LogP contribution is 2.40. The first-order chi connectivity index (χ1) is 10.0. The molecule has 3 atom stereocenters. The number of rotatable bonds is 6. The molecule has 0 aliphatic heterocycles. The van der Waals surface area contributed by atoms with Gasteiger partial charge in [0.15, 0.2) is 9.84 Å². The zero-order valence-corrected chi connectivity index (χ0v) is 14.1. The fourth-order valence-corrected chi connectivity index (χ4v) is 5.60. The van der Waals surface area contributed by atoms with E-state index in [4.69, 9.17) is 0 Å². The van der Waals surface area contributed by atoms with Crippen molar-refractivity contribution >= 4 is 9.84 Å². The van der Waals surface area contributed by atoms with Gasteiger partial charge in [0.2, 0.25) is 0 Å². The molecule has 118 valence electrons. The predicted molar refractivity (Wildman–Crippen MR) is 88.4 cm³/mol. The van der Waals surface area contributed by atoms with Crippen LogP contribution in [0.2, 0.25) is 0 Å². The molecule has 0 aromatic heterocycles. The van der Waals surface area contributed by atoms with Crippen molar-refractivity contribution in [1.82, 2.24) is 5.32 Å². The van der Waals surface area contributed by atoms with Gasteiger partial charge in [-0.3, -0.25) is 0 Å². The molecule has 1 aliphatic rings. The summed E-state index contributed by atoms with van der Waals surface area (Å²) in [6.07, 6.45) is 2.40. The Labute approximate surface area is 129 Å². The van der Waals surface area contributed by atoms with Crippen LogP contribution in [0.4, 0.5) is 0 Å². The minimum Gasteiger partial charge on any atom is -0.309 e. The second-order valence-corrected chi connectivity index (χ2v) is 8.40. The quantitative estimate of drug-likeness (QED) is 0.875. The van der Waals surface area contributed by atoms with Crippen molar-refractivity contribution in [2.24, 2.45) is 0 Å². The summed E-state index contributed by atoms with van der Waals surface area (Å²) in [5, 5.41) is 3.12. The third-order valence-corrected chi connectivity index (χ3v) is 6.73. The molecule has 3 nitrogen and oxygen atoms in total. The molecule has 1 aliphatic carbocycles. The molecule has 1 aromatic carbocycles. The van der Waals surface area contributed by atoms with Gasteiger partial charge in [0.1, 0.15) is 0 Å². The Morgan fingerprint density at radius 1 is 1.19 bits per heavy atom. The van der Waals surface area contributed by atoms with Gasteiger partial charge in [0.05, 0.1) is 11.0 Å². The normalized spacial score (nSPS) is 25.6. The average Bonchev–Trinajstić information content (AvgIpc) is 2.48. The molecule has 0 amide bonds. The highest BCUT2D eigenvalue weighted by Gasteiger charge is 2.39. The summed E-state index contributed by atoms with van der Waals surface area (Å²) in [6.45, 7) is 7.00. The lowest BCUT2D eigenvalue weighted by molar-refractivity contribution is 0.430. The number of benzene rings is 1. The SMILES string of the molecule is CCCCS(=O)(=O)C1CC(C)c2ccccc2C1NCC. The molecule has 2 rings (SSSR count). The van der Waals surface area contributed by atoms with Crippen molar-refractivity contribution < 1.29 is 8.42 Å². The summed E-state index contributed by atoms with van der Waals surface area (Å²) in [5.74, 6) is 0.614. The molecule has 3 unspecified atom stereocenters. The Kier molecular flexibility index (Phi) is 5.44. The average molecular weight is 309 g/mol. The van der Waals surface area contributed by atoms with Crippen LogP contribution in [0.1, 0.15) is 63.1 Å². The molecule has 1 N–H and O–H groups in total. The van der Waals surface area contributed by atoms with Gasteiger partial charge in [0, 0.05) is 6.04 Å². The second-order valence-electron chi connectivity index (χ2n) is 6.06. The van der Waals surface area contributed by atoms with Crippen molar-refractivity contribution in [1.29, 1.82) is 0 Å². The van der Waals surface area contributed by atoms with Gasteiger partial charge in [-0.05, 0) is 36.4 Å². The summed E-state index contributed by atoms with van der Waals surface area (Å²) in [7, 11) is -3.05. The Balaban J connectivity index is 2.38. The van der Waals surface area contributed by atoms with Crippen LogP contribution < -0.4 is 5.32 Å². The molecule has 0 saturated carbocycles. The van der Waals surface area contributed by atoms with Crippen LogP contribution in [-0.4, -0.2) is 26.0 Å². The van der Waals surface area contributed by atoms with Crippen molar-refractivity contribution in [3.8, 4) is 0 Å². The van der Waals surface area contributed by atoms with Gasteiger partial charge in [-0.1, -0.05) is 51.5 Å². The smallest absolute Gasteiger partial charge is 0.155 e. The molecule has 0 heterocycles. The standard InChI is InChI=1S/C17H27NO2S/c1-4-6-11-21(19,20)16-12-13(3)14-9-7-8-10-15(14)17(16)18-5-2/h7-10,13,16-18H,4-6,11-12H2,1-3H3. The molecule has 0 saturated heterocycles. The van der Waals surface area contributed by atoms with Gasteiger partial charge in [0.25, 0.3) is 0 Å². The number of hydrogen-bond acceptors (Lipinski definition) is 3. The maximum absolute atomic E-state index is 12.7. The van der Waals surface area contributed by atoms with E-state index in [-0.39, 0.29) is 11.3 Å². The second kappa shape index (κ2) is 6.93. The maximum atomic E-state index is 12.7. The van der Waals surface area contributed by atoms with Crippen LogP contribution in [0.3, 0.4) is 0 Å². The number of nitrogens with one attached hydrogen (secondary N) is 1. The molecule has 0 bridgehead atoms. The minimum absolute atomic E-state index is 0.0655. The van der Waals surface area contributed by atoms with E-state index in [1.54, 1.807) is 0 Å². The third-order valence-electron chi connectivity index (χ3n) is 4.49. The van der Waals surface area contributed by atoms with Crippen molar-refractivity contribution in [2.75, 3.05) is 12.3 Å². The highest BCUT2D eigenvalue weighted by atomic mass is 32.2. The van der Waals surface area contributed by atoms with E-state index in [9.17, 15) is 8.42 Å². The van der Waals surface area contributed by atoms with Crippen LogP contribution >= 0.6 is 0 Å². The minimum atomic E-state index is -3.05. The molecule has 0 fully saturated rings. The van der Waals surface area contributed by atoms with E-state index in [1.165, 1.54) is 11.1 Å². The van der Waals surface area contributed by atoms with Crippen LogP contribution in [0.25, 0.3) is 0 Å². The van der Waals surface area contributed by atoms with Crippen LogP contribution in [0, 0.1) is 0 Å². The van der Waals surface area contributed by atoms with Crippen LogP contribution in [0.5, 0.6) is 0 Å². The molecule has 4 heteroatoms. The molecule has 21 heavy (non-hydrogen) atoms. The molecule has 0 radical (unpaired) electrons. The van der Waals surface area contributed by atoms with Gasteiger partial charge < -0.3 is 5.32 Å². The van der Waals surface area contributed by atoms with Crippen LogP contribution in [-0.2, 0) is 9.84 Å². The predicted octanol–water partition coefficient (Wildman–Crippen LogP) is 3.43. The van der Waals surface area contributed by atoms with Crippen molar-refractivity contribution in [3.05, 3.63) is 35.4 Å². The Bertz CT molecular complexity index is 568. The first-order valence-electron chi connectivity index (χ1n) is 8.05. The number of hydrogen-bond donors (Lipinski definition) is 1. The van der Waals surface area contributed by atoms with E-state index in [2.05, 4.69) is 24.4 Å². The first kappa shape index (κ1) is 16.5. The number of unbranched alkanes of at least 4 members (excludes halogenated alkanes) is 1. The molecular weight excluding hydrogens is 282 g/mol. The number of fused-ring (bicyclic) bond motifs is 1. The zero-order valence-electron chi connectivity index (χ0n) is 13.3. The lowest BCUT2D eigenvalue weighted by Gasteiger charge is -2.37. The van der Waals surface area contributed by atoms with Gasteiger partial charge >= 0.3 is 0 Å². The van der Waals surface area contributed by atoms with E-state index in [1.807, 2.05) is 26.0 Å². The third kappa shape index (κ3) is 3.49. The van der Waals surface area contributed by atoms with Gasteiger partial charge in [-0.15, -0.1) is 0 Å². The van der Waals surface area contributed by atoms with E-state index in [0.29, 0.717) is 11.7 Å². The summed E-state index contributed by atoms with van der Waals surface area (Å²) >= 11 is 0. The maximum Gasteiger partial charge on any atom is 0.155 e. The summed E-state index contributed by atoms with van der Waals surface area (Å²) < 4.78 is 25.5. The Morgan fingerprint density at radius 2 is 1.86 bits per heavy atom. The number of sulfone groups is 1. The largest absolute Gasteiger partial charge is 0.309 e. The fraction of sp³-hybridized carbons (Fsp3) is 0.647. The Morgan fingerprint density at radius 3 is 2.48 bits per heavy atom. The fourth-order valence-electron chi connectivity index (χ4n) is 3.37. The van der Waals surface area contributed by atoms with Gasteiger partial charge in [-0.25, -0.2) is 8.42 Å². The van der Waals surface area contributed by atoms with E-state index in [0.717, 1.165) is 25.8 Å². The highest BCUT2D eigenvalue weighted by molar-refractivity contribution is 7.92. The van der Waals surface area contributed by atoms with Gasteiger partial charge in [-0.2, -0.15) is 0 Å². The molecular formula is C17H27NO2S. The monoisotopic (exact) mass is 309 g/mol. The topological polar surface area (TPSA) is 46.2 Å². The summed E-state index contributed by atoms with van der Waals surface area (Å²) in [6, 6.07) is 8.21. The molecule has 1 aromatic rings. The molecule has 0 spiro atoms. The van der Waals surface area contributed by atoms with Crippen molar-refractivity contribution in [2.45, 2.75) is 57.2 Å².